The summed E-state index contributed by atoms with van der Waals surface area (Å²) in [6, 6.07) is 14.4. The summed E-state index contributed by atoms with van der Waals surface area (Å²) in [5.41, 5.74) is 5.85. The smallest absolute Gasteiger partial charge is 0.0830 e. The topological polar surface area (TPSA) is 23.5 Å². The normalized spacial score (nSPS) is 12.2. The third-order valence-electron chi connectivity index (χ3n) is 3.84. The Morgan fingerprint density at radius 1 is 0.950 bits per heavy atom. The van der Waals surface area contributed by atoms with Crippen molar-refractivity contribution in [2.24, 2.45) is 0 Å². The van der Waals surface area contributed by atoms with Crippen LogP contribution in [0.3, 0.4) is 0 Å². The van der Waals surface area contributed by atoms with Crippen molar-refractivity contribution in [1.82, 2.24) is 0 Å². The van der Waals surface area contributed by atoms with Crippen molar-refractivity contribution in [2.45, 2.75) is 26.4 Å². The lowest BCUT2D eigenvalue weighted by atomic mass is 9.94. The molecule has 1 unspecified atom stereocenters. The molecular weight excluding hydrogens is 246 g/mol. The van der Waals surface area contributed by atoms with E-state index in [1.807, 2.05) is 38.4 Å². The number of aliphatic hydroxyl groups excluding tert-OH is 1. The van der Waals surface area contributed by atoms with Gasteiger partial charge >= 0.3 is 0 Å². The summed E-state index contributed by atoms with van der Waals surface area (Å²) in [6.45, 7) is 4.20. The van der Waals surface area contributed by atoms with E-state index in [1.54, 1.807) is 0 Å². The first-order valence-electron chi connectivity index (χ1n) is 6.99. The second-order valence-electron chi connectivity index (χ2n) is 5.58. The highest BCUT2D eigenvalue weighted by molar-refractivity contribution is 5.46. The Bertz CT molecular complexity index is 552. The molecule has 0 heterocycles. The lowest BCUT2D eigenvalue weighted by molar-refractivity contribution is 0.178. The van der Waals surface area contributed by atoms with E-state index in [0.717, 1.165) is 11.3 Å². The summed E-state index contributed by atoms with van der Waals surface area (Å²) in [5, 5.41) is 10.4. The summed E-state index contributed by atoms with van der Waals surface area (Å²) in [4.78, 5) is 2.06. The highest BCUT2D eigenvalue weighted by atomic mass is 16.3. The fourth-order valence-electron chi connectivity index (χ4n) is 2.48. The second-order valence-corrected chi connectivity index (χ2v) is 5.58. The van der Waals surface area contributed by atoms with Crippen LogP contribution < -0.4 is 4.90 Å². The van der Waals surface area contributed by atoms with E-state index in [9.17, 15) is 5.11 Å². The summed E-state index contributed by atoms with van der Waals surface area (Å²) in [5.74, 6) is 0. The predicted octanol–water partition coefficient (Wildman–Crippen LogP) is 3.65. The Morgan fingerprint density at radius 3 is 2.00 bits per heavy atom. The molecule has 2 aromatic carbocycles. The molecule has 2 rings (SSSR count). The van der Waals surface area contributed by atoms with Crippen molar-refractivity contribution >= 4 is 5.69 Å². The van der Waals surface area contributed by atoms with Crippen LogP contribution in [0.2, 0.25) is 0 Å². The van der Waals surface area contributed by atoms with Gasteiger partial charge in [-0.15, -0.1) is 0 Å². The van der Waals surface area contributed by atoms with Crippen LogP contribution in [-0.2, 0) is 6.42 Å². The largest absolute Gasteiger partial charge is 0.388 e. The number of anilines is 1. The second kappa shape index (κ2) is 6.10. The minimum Gasteiger partial charge on any atom is -0.388 e. The molecular formula is C18H23NO. The van der Waals surface area contributed by atoms with Gasteiger partial charge in [-0.2, -0.15) is 0 Å². The van der Waals surface area contributed by atoms with Crippen LogP contribution in [-0.4, -0.2) is 19.2 Å². The van der Waals surface area contributed by atoms with Crippen LogP contribution >= 0.6 is 0 Å². The number of aryl methyl sites for hydroxylation is 2. The molecule has 2 heteroatoms. The quantitative estimate of drug-likeness (QED) is 0.916. The van der Waals surface area contributed by atoms with Gasteiger partial charge in [-0.3, -0.25) is 0 Å². The minimum atomic E-state index is -0.453. The van der Waals surface area contributed by atoms with Crippen LogP contribution in [0, 0.1) is 13.8 Å². The average Bonchev–Trinajstić information content (AvgIpc) is 2.43. The maximum atomic E-state index is 10.4. The highest BCUT2D eigenvalue weighted by Crippen LogP contribution is 2.24. The van der Waals surface area contributed by atoms with E-state index < -0.39 is 6.10 Å². The molecule has 0 spiro atoms. The molecule has 0 fully saturated rings. The zero-order valence-electron chi connectivity index (χ0n) is 12.7. The van der Waals surface area contributed by atoms with E-state index in [4.69, 9.17) is 0 Å². The van der Waals surface area contributed by atoms with Crippen LogP contribution in [0.5, 0.6) is 0 Å². The molecule has 0 amide bonds. The van der Waals surface area contributed by atoms with Crippen molar-refractivity contribution in [3.63, 3.8) is 0 Å². The molecule has 0 aliphatic rings. The van der Waals surface area contributed by atoms with Gasteiger partial charge in [-0.05, 0) is 48.2 Å². The van der Waals surface area contributed by atoms with Crippen LogP contribution in [0.25, 0.3) is 0 Å². The van der Waals surface area contributed by atoms with E-state index in [2.05, 4.69) is 36.9 Å². The van der Waals surface area contributed by atoms with Crippen molar-refractivity contribution < 1.29 is 5.11 Å². The van der Waals surface area contributed by atoms with Crippen LogP contribution in [0.4, 0.5) is 5.69 Å². The summed E-state index contributed by atoms with van der Waals surface area (Å²) >= 11 is 0. The maximum Gasteiger partial charge on any atom is 0.0830 e. The molecule has 0 aliphatic heterocycles. The van der Waals surface area contributed by atoms with Gasteiger partial charge in [0.05, 0.1) is 6.10 Å². The lowest BCUT2D eigenvalue weighted by Gasteiger charge is -2.17. The number of hydrogen-bond acceptors (Lipinski definition) is 2. The molecule has 0 saturated carbocycles. The first-order valence-corrected chi connectivity index (χ1v) is 6.99. The lowest BCUT2D eigenvalue weighted by Crippen LogP contribution is -2.09. The van der Waals surface area contributed by atoms with E-state index in [1.165, 1.54) is 16.7 Å². The highest BCUT2D eigenvalue weighted by Gasteiger charge is 2.12. The molecule has 2 aromatic rings. The number of hydrogen-bond donors (Lipinski definition) is 1. The zero-order chi connectivity index (χ0) is 14.7. The molecule has 0 saturated heterocycles. The Hall–Kier alpha value is -1.80. The molecule has 0 aliphatic carbocycles. The summed E-state index contributed by atoms with van der Waals surface area (Å²) in [6.07, 6.45) is 0.214. The predicted molar refractivity (Wildman–Crippen MR) is 85.3 cm³/mol. The first-order chi connectivity index (χ1) is 9.49. The monoisotopic (exact) mass is 269 g/mol. The Balaban J connectivity index is 2.17. The molecule has 20 heavy (non-hydrogen) atoms. The standard InChI is InChI=1S/C18H23NO/c1-13-6-5-7-14(2)17(13)12-18(20)15-8-10-16(11-9-15)19(3)4/h5-11,18,20H,12H2,1-4H3. The fourth-order valence-corrected chi connectivity index (χ4v) is 2.48. The molecule has 0 radical (unpaired) electrons. The minimum absolute atomic E-state index is 0.453. The van der Waals surface area contributed by atoms with Gasteiger partial charge in [0.1, 0.15) is 0 Å². The SMILES string of the molecule is Cc1cccc(C)c1CC(O)c1ccc(N(C)C)cc1. The number of aliphatic hydroxyl groups is 1. The Morgan fingerprint density at radius 2 is 1.50 bits per heavy atom. The molecule has 1 atom stereocenters. The van der Waals surface area contributed by atoms with E-state index >= 15 is 0 Å². The number of nitrogens with zero attached hydrogens (tertiary/aromatic N) is 1. The first kappa shape index (κ1) is 14.6. The maximum absolute atomic E-state index is 10.4. The number of benzene rings is 2. The van der Waals surface area contributed by atoms with Gasteiger partial charge in [0.15, 0.2) is 0 Å². The Kier molecular flexibility index (Phi) is 4.46. The van der Waals surface area contributed by atoms with Gasteiger partial charge < -0.3 is 10.0 Å². The van der Waals surface area contributed by atoms with Gasteiger partial charge in [0.2, 0.25) is 0 Å². The summed E-state index contributed by atoms with van der Waals surface area (Å²) in [7, 11) is 4.03. The van der Waals surface area contributed by atoms with Crippen LogP contribution in [0.15, 0.2) is 42.5 Å². The van der Waals surface area contributed by atoms with Gasteiger partial charge in [-0.25, -0.2) is 0 Å². The van der Waals surface area contributed by atoms with Crippen LogP contribution in [0.1, 0.15) is 28.4 Å². The molecule has 0 aromatic heterocycles. The average molecular weight is 269 g/mol. The fraction of sp³-hybridized carbons (Fsp3) is 0.333. The third kappa shape index (κ3) is 3.20. The number of rotatable bonds is 4. The van der Waals surface area contributed by atoms with Gasteiger partial charge in [-0.1, -0.05) is 30.3 Å². The molecule has 2 nitrogen and oxygen atoms in total. The zero-order valence-corrected chi connectivity index (χ0v) is 12.7. The van der Waals surface area contributed by atoms with Crippen molar-refractivity contribution in [3.05, 3.63) is 64.7 Å². The third-order valence-corrected chi connectivity index (χ3v) is 3.84. The van der Waals surface area contributed by atoms with E-state index in [0.29, 0.717) is 6.42 Å². The van der Waals surface area contributed by atoms with Crippen molar-refractivity contribution in [3.8, 4) is 0 Å². The molecule has 1 N–H and O–H groups in total. The molecule has 106 valence electrons. The van der Waals surface area contributed by atoms with Gasteiger partial charge in [0, 0.05) is 26.2 Å². The molecule has 0 bridgehead atoms. The summed E-state index contributed by atoms with van der Waals surface area (Å²) < 4.78 is 0. The van der Waals surface area contributed by atoms with E-state index in [-0.39, 0.29) is 0 Å². The van der Waals surface area contributed by atoms with Gasteiger partial charge in [0.25, 0.3) is 0 Å². The van der Waals surface area contributed by atoms with Crippen molar-refractivity contribution in [2.75, 3.05) is 19.0 Å². The Labute approximate surface area is 121 Å². The van der Waals surface area contributed by atoms with Crippen molar-refractivity contribution in [1.29, 1.82) is 0 Å².